The maximum absolute atomic E-state index is 10.6. The number of hydrogen-bond acceptors (Lipinski definition) is 3. The minimum atomic E-state index is -0.833. The first kappa shape index (κ1) is 13.3. The van der Waals surface area contributed by atoms with Gasteiger partial charge in [-0.05, 0) is 38.0 Å². The minimum absolute atomic E-state index is 0.0518. The van der Waals surface area contributed by atoms with Crippen molar-refractivity contribution in [2.75, 3.05) is 0 Å². The number of aromatic nitrogens is 3. The van der Waals surface area contributed by atoms with Gasteiger partial charge in [-0.2, -0.15) is 5.10 Å². The average molecular weight is 259 g/mol. The number of aryl methyl sites for hydroxylation is 3. The van der Waals surface area contributed by atoms with Gasteiger partial charge in [0.2, 0.25) is 0 Å². The molecule has 1 aromatic carbocycles. The van der Waals surface area contributed by atoms with Crippen LogP contribution in [-0.2, 0) is 11.2 Å². The standard InChI is InChI=1S/C14H17N3O2/c1-9-5-4-6-12(10(9)2)17-11(3)15-13(16-17)7-8-14(18)19/h4-6H,7-8H2,1-3H3,(H,18,19). The van der Waals surface area contributed by atoms with Crippen LogP contribution in [0.4, 0.5) is 0 Å². The summed E-state index contributed by atoms with van der Waals surface area (Å²) >= 11 is 0. The van der Waals surface area contributed by atoms with E-state index < -0.39 is 5.97 Å². The fourth-order valence-electron chi connectivity index (χ4n) is 1.96. The summed E-state index contributed by atoms with van der Waals surface area (Å²) in [5, 5.41) is 13.1. The largest absolute Gasteiger partial charge is 0.481 e. The lowest BCUT2D eigenvalue weighted by Crippen LogP contribution is -2.03. The van der Waals surface area contributed by atoms with Crippen LogP contribution in [0.15, 0.2) is 18.2 Å². The molecule has 0 unspecified atom stereocenters. The SMILES string of the molecule is Cc1cccc(-n2nc(CCC(=O)O)nc2C)c1C. The van der Waals surface area contributed by atoms with E-state index in [1.807, 2.05) is 26.0 Å². The molecule has 0 amide bonds. The third-order valence-electron chi connectivity index (χ3n) is 3.18. The zero-order valence-corrected chi connectivity index (χ0v) is 11.3. The number of benzene rings is 1. The highest BCUT2D eigenvalue weighted by Crippen LogP contribution is 2.18. The van der Waals surface area contributed by atoms with Gasteiger partial charge in [-0.15, -0.1) is 0 Å². The van der Waals surface area contributed by atoms with Gasteiger partial charge in [-0.25, -0.2) is 9.67 Å². The lowest BCUT2D eigenvalue weighted by Gasteiger charge is -2.09. The number of carbonyl (C=O) groups is 1. The number of carboxylic acids is 1. The second kappa shape index (κ2) is 5.22. The Bertz CT molecular complexity index is 617. The van der Waals surface area contributed by atoms with E-state index in [1.54, 1.807) is 4.68 Å². The third kappa shape index (κ3) is 2.81. The zero-order chi connectivity index (χ0) is 14.0. The average Bonchev–Trinajstić information content (AvgIpc) is 2.71. The molecule has 0 radical (unpaired) electrons. The Kier molecular flexibility index (Phi) is 3.64. The van der Waals surface area contributed by atoms with Crippen molar-refractivity contribution in [1.29, 1.82) is 0 Å². The Morgan fingerprint density at radius 3 is 2.74 bits per heavy atom. The number of aliphatic carboxylic acids is 1. The Balaban J connectivity index is 2.35. The minimum Gasteiger partial charge on any atom is -0.481 e. The van der Waals surface area contributed by atoms with Crippen LogP contribution in [0.2, 0.25) is 0 Å². The topological polar surface area (TPSA) is 68.0 Å². The predicted octanol–water partition coefficient (Wildman–Crippen LogP) is 2.21. The van der Waals surface area contributed by atoms with Crippen LogP contribution in [0.25, 0.3) is 5.69 Å². The van der Waals surface area contributed by atoms with Crippen molar-refractivity contribution < 1.29 is 9.90 Å². The van der Waals surface area contributed by atoms with Crippen LogP contribution in [0.1, 0.15) is 29.2 Å². The van der Waals surface area contributed by atoms with E-state index in [0.29, 0.717) is 12.2 Å². The lowest BCUT2D eigenvalue weighted by atomic mass is 10.1. The van der Waals surface area contributed by atoms with E-state index in [0.717, 1.165) is 17.1 Å². The molecular weight excluding hydrogens is 242 g/mol. The predicted molar refractivity (Wildman–Crippen MR) is 71.5 cm³/mol. The molecule has 0 aliphatic carbocycles. The summed E-state index contributed by atoms with van der Waals surface area (Å²) in [6, 6.07) is 6.02. The molecule has 1 heterocycles. The molecule has 1 N–H and O–H groups in total. The number of nitrogens with zero attached hydrogens (tertiary/aromatic N) is 3. The molecule has 100 valence electrons. The van der Waals surface area contributed by atoms with Gasteiger partial charge in [0, 0.05) is 6.42 Å². The Labute approximate surface area is 111 Å². The molecule has 2 aromatic rings. The van der Waals surface area contributed by atoms with Gasteiger partial charge in [-0.3, -0.25) is 4.79 Å². The Morgan fingerprint density at radius 1 is 1.32 bits per heavy atom. The second-order valence-electron chi connectivity index (χ2n) is 4.60. The smallest absolute Gasteiger partial charge is 0.303 e. The van der Waals surface area contributed by atoms with E-state index in [-0.39, 0.29) is 6.42 Å². The van der Waals surface area contributed by atoms with Gasteiger partial charge in [0.1, 0.15) is 5.82 Å². The van der Waals surface area contributed by atoms with Crippen molar-refractivity contribution in [2.45, 2.75) is 33.6 Å². The summed E-state index contributed by atoms with van der Waals surface area (Å²) in [6.07, 6.45) is 0.407. The van der Waals surface area contributed by atoms with Gasteiger partial charge in [-0.1, -0.05) is 12.1 Å². The summed E-state index contributed by atoms with van der Waals surface area (Å²) in [5.41, 5.74) is 3.34. The van der Waals surface area contributed by atoms with Crippen LogP contribution in [0.3, 0.4) is 0 Å². The monoisotopic (exact) mass is 259 g/mol. The molecule has 0 saturated heterocycles. The van der Waals surface area contributed by atoms with Gasteiger partial charge < -0.3 is 5.11 Å². The molecular formula is C14H17N3O2. The van der Waals surface area contributed by atoms with Gasteiger partial charge in [0.25, 0.3) is 0 Å². The van der Waals surface area contributed by atoms with Crippen molar-refractivity contribution >= 4 is 5.97 Å². The van der Waals surface area contributed by atoms with E-state index in [4.69, 9.17) is 5.11 Å². The normalized spacial score (nSPS) is 10.7. The molecule has 2 rings (SSSR count). The summed E-state index contributed by atoms with van der Waals surface area (Å²) in [6.45, 7) is 5.97. The number of carboxylic acid groups (broad SMARTS) is 1. The van der Waals surface area contributed by atoms with Crippen LogP contribution < -0.4 is 0 Å². The van der Waals surface area contributed by atoms with Gasteiger partial charge >= 0.3 is 5.97 Å². The molecule has 0 fully saturated rings. The second-order valence-corrected chi connectivity index (χ2v) is 4.60. The Morgan fingerprint density at radius 2 is 2.05 bits per heavy atom. The van der Waals surface area contributed by atoms with Crippen LogP contribution in [0, 0.1) is 20.8 Å². The molecule has 5 nitrogen and oxygen atoms in total. The Hall–Kier alpha value is -2.17. The van der Waals surface area contributed by atoms with Crippen LogP contribution >= 0.6 is 0 Å². The highest BCUT2D eigenvalue weighted by molar-refractivity contribution is 5.66. The van der Waals surface area contributed by atoms with Crippen LogP contribution in [-0.4, -0.2) is 25.8 Å². The highest BCUT2D eigenvalue weighted by atomic mass is 16.4. The molecule has 0 aliphatic rings. The molecule has 0 atom stereocenters. The number of hydrogen-bond donors (Lipinski definition) is 1. The summed E-state index contributed by atoms with van der Waals surface area (Å²) in [7, 11) is 0. The van der Waals surface area contributed by atoms with E-state index in [2.05, 4.69) is 23.1 Å². The van der Waals surface area contributed by atoms with Crippen molar-refractivity contribution in [3.05, 3.63) is 41.0 Å². The van der Waals surface area contributed by atoms with Crippen molar-refractivity contribution in [3.63, 3.8) is 0 Å². The fourth-order valence-corrected chi connectivity index (χ4v) is 1.96. The molecule has 0 saturated carbocycles. The molecule has 0 spiro atoms. The van der Waals surface area contributed by atoms with Crippen molar-refractivity contribution in [2.24, 2.45) is 0 Å². The highest BCUT2D eigenvalue weighted by Gasteiger charge is 2.11. The summed E-state index contributed by atoms with van der Waals surface area (Å²) in [4.78, 5) is 14.9. The first-order chi connectivity index (χ1) is 8.99. The fraction of sp³-hybridized carbons (Fsp3) is 0.357. The number of rotatable bonds is 4. The van der Waals surface area contributed by atoms with Crippen LogP contribution in [0.5, 0.6) is 0 Å². The van der Waals surface area contributed by atoms with Gasteiger partial charge in [0.05, 0.1) is 12.1 Å². The summed E-state index contributed by atoms with van der Waals surface area (Å²) in [5.74, 6) is 0.510. The van der Waals surface area contributed by atoms with E-state index in [9.17, 15) is 4.79 Å². The quantitative estimate of drug-likeness (QED) is 0.914. The molecule has 0 aliphatic heterocycles. The molecule has 1 aromatic heterocycles. The first-order valence-electron chi connectivity index (χ1n) is 6.20. The van der Waals surface area contributed by atoms with Crippen molar-refractivity contribution in [1.82, 2.24) is 14.8 Å². The third-order valence-corrected chi connectivity index (χ3v) is 3.18. The maximum atomic E-state index is 10.6. The van der Waals surface area contributed by atoms with E-state index in [1.165, 1.54) is 5.56 Å². The molecule has 19 heavy (non-hydrogen) atoms. The molecule has 5 heteroatoms. The molecule has 0 bridgehead atoms. The summed E-state index contributed by atoms with van der Waals surface area (Å²) < 4.78 is 1.78. The van der Waals surface area contributed by atoms with Gasteiger partial charge in [0.15, 0.2) is 5.82 Å². The van der Waals surface area contributed by atoms with Crippen molar-refractivity contribution in [3.8, 4) is 5.69 Å². The maximum Gasteiger partial charge on any atom is 0.303 e. The lowest BCUT2D eigenvalue weighted by molar-refractivity contribution is -0.137. The van der Waals surface area contributed by atoms with E-state index >= 15 is 0 Å². The zero-order valence-electron chi connectivity index (χ0n) is 11.3. The first-order valence-corrected chi connectivity index (χ1v) is 6.20.